The zero-order valence-electron chi connectivity index (χ0n) is 15.9. The lowest BCUT2D eigenvalue weighted by molar-refractivity contribution is 0.0937. The zero-order chi connectivity index (χ0) is 20.1. The first-order chi connectivity index (χ1) is 14.2. The first-order valence-corrected chi connectivity index (χ1v) is 9.14. The van der Waals surface area contributed by atoms with Crippen molar-refractivity contribution in [1.82, 2.24) is 24.9 Å². The molecule has 0 aliphatic heterocycles. The Hall–Kier alpha value is -3.78. The summed E-state index contributed by atoms with van der Waals surface area (Å²) in [5, 5.41) is 10.3. The molecule has 0 spiro atoms. The molecule has 0 unspecified atom stereocenters. The van der Waals surface area contributed by atoms with Gasteiger partial charge in [0.15, 0.2) is 5.65 Å². The number of anilines is 2. The van der Waals surface area contributed by atoms with Crippen LogP contribution in [0.15, 0.2) is 67.1 Å². The standard InChI is InChI=1S/C21H20N6O2/c1-29-12-11-23-21(28)17-7-3-9-22-20(17)25-16-6-2-5-15(13-16)18-14-27-19(26-18)8-4-10-24-27/h2-10,13-14H,11-12H2,1H3,(H,22,25)(H,23,28). The van der Waals surface area contributed by atoms with Crippen LogP contribution >= 0.6 is 0 Å². The normalized spacial score (nSPS) is 10.8. The van der Waals surface area contributed by atoms with Crippen molar-refractivity contribution in [1.29, 1.82) is 0 Å². The highest BCUT2D eigenvalue weighted by Crippen LogP contribution is 2.25. The number of methoxy groups -OCH3 is 1. The van der Waals surface area contributed by atoms with E-state index in [4.69, 9.17) is 4.74 Å². The summed E-state index contributed by atoms with van der Waals surface area (Å²) >= 11 is 0. The maximum atomic E-state index is 12.5. The molecule has 4 rings (SSSR count). The molecule has 0 aliphatic carbocycles. The van der Waals surface area contributed by atoms with Crippen molar-refractivity contribution in [3.8, 4) is 11.3 Å². The molecule has 0 fully saturated rings. The second kappa shape index (κ2) is 8.49. The largest absolute Gasteiger partial charge is 0.383 e. The van der Waals surface area contributed by atoms with Crippen LogP contribution in [-0.4, -0.2) is 45.8 Å². The Labute approximate surface area is 167 Å². The van der Waals surface area contributed by atoms with Crippen LogP contribution in [0.3, 0.4) is 0 Å². The molecule has 0 radical (unpaired) electrons. The second-order valence-corrected chi connectivity index (χ2v) is 6.31. The molecule has 8 heteroatoms. The number of amides is 1. The third kappa shape index (κ3) is 4.22. The first kappa shape index (κ1) is 18.6. The van der Waals surface area contributed by atoms with Crippen molar-refractivity contribution in [3.63, 3.8) is 0 Å². The molecule has 1 aromatic carbocycles. The van der Waals surface area contributed by atoms with Crippen LogP contribution in [-0.2, 0) is 4.74 Å². The summed E-state index contributed by atoms with van der Waals surface area (Å²) < 4.78 is 6.71. The molecule has 0 atom stereocenters. The zero-order valence-corrected chi connectivity index (χ0v) is 15.9. The molecule has 1 amide bonds. The number of nitrogens with zero attached hydrogens (tertiary/aromatic N) is 4. The van der Waals surface area contributed by atoms with Crippen LogP contribution in [0.2, 0.25) is 0 Å². The maximum Gasteiger partial charge on any atom is 0.255 e. The van der Waals surface area contributed by atoms with E-state index in [1.807, 2.05) is 42.6 Å². The maximum absolute atomic E-state index is 12.5. The summed E-state index contributed by atoms with van der Waals surface area (Å²) in [6, 6.07) is 15.0. The number of carbonyl (C=O) groups excluding carboxylic acids is 1. The quantitative estimate of drug-likeness (QED) is 0.473. The lowest BCUT2D eigenvalue weighted by atomic mass is 10.1. The Kier molecular flexibility index (Phi) is 5.44. The van der Waals surface area contributed by atoms with Gasteiger partial charge in [0.25, 0.3) is 5.91 Å². The van der Waals surface area contributed by atoms with Crippen molar-refractivity contribution in [3.05, 3.63) is 72.7 Å². The van der Waals surface area contributed by atoms with Crippen LogP contribution in [0.25, 0.3) is 16.9 Å². The molecule has 0 bridgehead atoms. The summed E-state index contributed by atoms with van der Waals surface area (Å²) in [6.45, 7) is 0.881. The third-order valence-corrected chi connectivity index (χ3v) is 4.30. The van der Waals surface area contributed by atoms with Crippen molar-refractivity contribution in [2.24, 2.45) is 0 Å². The van der Waals surface area contributed by atoms with E-state index in [9.17, 15) is 4.79 Å². The van der Waals surface area contributed by atoms with E-state index >= 15 is 0 Å². The van der Waals surface area contributed by atoms with E-state index in [0.717, 1.165) is 22.6 Å². The van der Waals surface area contributed by atoms with Gasteiger partial charge in [0.1, 0.15) is 5.82 Å². The Balaban J connectivity index is 1.58. The first-order valence-electron chi connectivity index (χ1n) is 9.14. The summed E-state index contributed by atoms with van der Waals surface area (Å²) in [4.78, 5) is 21.4. The SMILES string of the molecule is COCCNC(=O)c1cccnc1Nc1cccc(-c2cn3ncccc3n2)c1. The van der Waals surface area contributed by atoms with Crippen molar-refractivity contribution in [2.75, 3.05) is 25.6 Å². The van der Waals surface area contributed by atoms with E-state index in [2.05, 4.69) is 25.7 Å². The van der Waals surface area contributed by atoms with E-state index in [1.165, 1.54) is 0 Å². The molecule has 2 N–H and O–H groups in total. The smallest absolute Gasteiger partial charge is 0.255 e. The molecule has 3 heterocycles. The van der Waals surface area contributed by atoms with Gasteiger partial charge in [0.2, 0.25) is 0 Å². The van der Waals surface area contributed by atoms with E-state index < -0.39 is 0 Å². The van der Waals surface area contributed by atoms with Crippen LogP contribution in [0.4, 0.5) is 11.5 Å². The number of nitrogens with one attached hydrogen (secondary N) is 2. The van der Waals surface area contributed by atoms with Crippen molar-refractivity contribution < 1.29 is 9.53 Å². The Morgan fingerprint density at radius 2 is 2.03 bits per heavy atom. The van der Waals surface area contributed by atoms with Gasteiger partial charge in [-0.25, -0.2) is 14.5 Å². The lowest BCUT2D eigenvalue weighted by Gasteiger charge is -2.11. The average molecular weight is 388 g/mol. The van der Waals surface area contributed by atoms with Gasteiger partial charge >= 0.3 is 0 Å². The second-order valence-electron chi connectivity index (χ2n) is 6.31. The summed E-state index contributed by atoms with van der Waals surface area (Å²) in [7, 11) is 1.59. The Morgan fingerprint density at radius 1 is 1.14 bits per heavy atom. The number of benzene rings is 1. The summed E-state index contributed by atoms with van der Waals surface area (Å²) in [5.74, 6) is 0.275. The molecular formula is C21H20N6O2. The van der Waals surface area contributed by atoms with Gasteiger partial charge in [-0.2, -0.15) is 5.10 Å². The minimum Gasteiger partial charge on any atom is -0.383 e. The molecule has 0 aliphatic rings. The van der Waals surface area contributed by atoms with E-state index in [0.29, 0.717) is 24.5 Å². The molecule has 29 heavy (non-hydrogen) atoms. The van der Waals surface area contributed by atoms with Gasteiger partial charge in [-0.3, -0.25) is 4.79 Å². The van der Waals surface area contributed by atoms with Gasteiger partial charge in [-0.1, -0.05) is 12.1 Å². The molecule has 8 nitrogen and oxygen atoms in total. The van der Waals surface area contributed by atoms with Gasteiger partial charge in [0.05, 0.1) is 24.1 Å². The highest BCUT2D eigenvalue weighted by Gasteiger charge is 2.13. The molecule has 146 valence electrons. The number of rotatable bonds is 7. The van der Waals surface area contributed by atoms with Crippen molar-refractivity contribution >= 4 is 23.1 Å². The molecule has 0 saturated carbocycles. The van der Waals surface area contributed by atoms with Crippen molar-refractivity contribution in [2.45, 2.75) is 0 Å². The minimum atomic E-state index is -0.208. The highest BCUT2D eigenvalue weighted by atomic mass is 16.5. The van der Waals surface area contributed by atoms with Crippen LogP contribution < -0.4 is 10.6 Å². The number of hydrogen-bond donors (Lipinski definition) is 2. The fraction of sp³-hybridized carbons (Fsp3) is 0.143. The molecule has 0 saturated heterocycles. The van der Waals surface area contributed by atoms with Gasteiger partial charge < -0.3 is 15.4 Å². The number of aromatic nitrogens is 4. The number of pyridine rings is 1. The predicted molar refractivity (Wildman–Crippen MR) is 110 cm³/mol. The van der Waals surface area contributed by atoms with Crippen LogP contribution in [0, 0.1) is 0 Å². The number of carbonyl (C=O) groups is 1. The average Bonchev–Trinajstić information content (AvgIpc) is 3.19. The van der Waals surface area contributed by atoms with Crippen LogP contribution in [0.5, 0.6) is 0 Å². The van der Waals surface area contributed by atoms with Gasteiger partial charge in [-0.15, -0.1) is 0 Å². The van der Waals surface area contributed by atoms with Crippen LogP contribution in [0.1, 0.15) is 10.4 Å². The molecule has 3 aromatic heterocycles. The monoisotopic (exact) mass is 388 g/mol. The summed E-state index contributed by atoms with van der Waals surface area (Å²) in [6.07, 6.45) is 5.24. The van der Waals surface area contributed by atoms with E-state index in [-0.39, 0.29) is 5.91 Å². The van der Waals surface area contributed by atoms with Gasteiger partial charge in [0, 0.05) is 37.3 Å². The lowest BCUT2D eigenvalue weighted by Crippen LogP contribution is -2.27. The highest BCUT2D eigenvalue weighted by molar-refractivity contribution is 5.99. The molecule has 4 aromatic rings. The fourth-order valence-corrected chi connectivity index (χ4v) is 2.91. The fourth-order valence-electron chi connectivity index (χ4n) is 2.91. The Morgan fingerprint density at radius 3 is 2.90 bits per heavy atom. The third-order valence-electron chi connectivity index (χ3n) is 4.30. The van der Waals surface area contributed by atoms with Gasteiger partial charge in [-0.05, 0) is 36.4 Å². The number of hydrogen-bond acceptors (Lipinski definition) is 6. The topological polar surface area (TPSA) is 93.4 Å². The summed E-state index contributed by atoms with van der Waals surface area (Å²) in [5.41, 5.74) is 3.79. The number of ether oxygens (including phenoxy) is 1. The molecular weight excluding hydrogens is 368 g/mol. The van der Waals surface area contributed by atoms with E-state index in [1.54, 1.807) is 36.2 Å². The Bertz CT molecular complexity index is 1110. The number of fused-ring (bicyclic) bond motifs is 1. The predicted octanol–water partition coefficient (Wildman–Crippen LogP) is 2.91. The minimum absolute atomic E-state index is 0.208. The number of imidazole rings is 1.